The van der Waals surface area contributed by atoms with Crippen molar-refractivity contribution in [1.29, 1.82) is 5.26 Å². The fraction of sp³-hybridized carbons (Fsp3) is 0.350. The third-order valence-corrected chi connectivity index (χ3v) is 9.37. The highest BCUT2D eigenvalue weighted by Gasteiger charge is 2.19. The van der Waals surface area contributed by atoms with Crippen molar-refractivity contribution < 1.29 is 28.9 Å². The number of nitriles is 1. The van der Waals surface area contributed by atoms with Crippen molar-refractivity contribution in [3.05, 3.63) is 106 Å². The van der Waals surface area contributed by atoms with Gasteiger partial charge in [0, 0.05) is 49.2 Å². The first-order valence-electron chi connectivity index (χ1n) is 17.2. The molecule has 0 unspecified atom stereocenters. The van der Waals surface area contributed by atoms with Crippen molar-refractivity contribution in [2.75, 3.05) is 32.8 Å². The smallest absolute Gasteiger partial charge is 0.290 e. The summed E-state index contributed by atoms with van der Waals surface area (Å²) >= 11 is 6.83. The summed E-state index contributed by atoms with van der Waals surface area (Å²) in [6, 6.07) is 21.8. The van der Waals surface area contributed by atoms with Gasteiger partial charge >= 0.3 is 0 Å². The van der Waals surface area contributed by atoms with E-state index in [4.69, 9.17) is 35.7 Å². The molecule has 2 aliphatic heterocycles. The Kier molecular flexibility index (Phi) is 13.7. The molecule has 0 radical (unpaired) electrons. The van der Waals surface area contributed by atoms with E-state index in [1.165, 1.54) is 19.3 Å². The highest BCUT2D eigenvalue weighted by atomic mass is 35.5. The molecule has 1 N–H and O–H groups in total. The van der Waals surface area contributed by atoms with Crippen LogP contribution in [0.25, 0.3) is 11.1 Å². The number of pyridine rings is 1. The molecule has 3 heterocycles. The highest BCUT2D eigenvalue weighted by molar-refractivity contribution is 6.32. The van der Waals surface area contributed by atoms with E-state index in [1.54, 1.807) is 18.5 Å². The van der Waals surface area contributed by atoms with Gasteiger partial charge in [-0.2, -0.15) is 5.26 Å². The predicted molar refractivity (Wildman–Crippen MR) is 195 cm³/mol. The van der Waals surface area contributed by atoms with Gasteiger partial charge in [0.15, 0.2) is 6.61 Å². The van der Waals surface area contributed by atoms with Crippen LogP contribution in [-0.4, -0.2) is 65.1 Å². The molecule has 1 aromatic heterocycles. The largest absolute Gasteiger partial charge is 0.488 e. The number of carbonyl (C=O) groups is 2. The zero-order chi connectivity index (χ0) is 36.0. The van der Waals surface area contributed by atoms with Gasteiger partial charge in [0.05, 0.1) is 10.6 Å². The van der Waals surface area contributed by atoms with Crippen LogP contribution in [0, 0.1) is 18.3 Å². The number of benzene rings is 3. The normalized spacial score (nSPS) is 14.2. The molecule has 4 aromatic rings. The Morgan fingerprint density at radius 1 is 0.902 bits per heavy atom. The average Bonchev–Trinajstić information content (AvgIpc) is 3.70. The number of hydrogen-bond donors (Lipinski definition) is 1. The molecule has 0 atom stereocenters. The van der Waals surface area contributed by atoms with E-state index in [-0.39, 0.29) is 25.6 Å². The first kappa shape index (κ1) is 37.2. The zero-order valence-electron chi connectivity index (χ0n) is 28.9. The molecule has 2 fully saturated rings. The van der Waals surface area contributed by atoms with Gasteiger partial charge in [0.1, 0.15) is 36.5 Å². The second kappa shape index (κ2) is 18.8. The summed E-state index contributed by atoms with van der Waals surface area (Å²) in [6.45, 7) is 6.92. The average molecular weight is 711 g/mol. The van der Waals surface area contributed by atoms with E-state index >= 15 is 0 Å². The van der Waals surface area contributed by atoms with Gasteiger partial charge in [-0.1, -0.05) is 48.4 Å². The second-order valence-electron chi connectivity index (χ2n) is 12.6. The highest BCUT2D eigenvalue weighted by Crippen LogP contribution is 2.36. The Labute approximate surface area is 304 Å². The van der Waals surface area contributed by atoms with Crippen LogP contribution in [-0.2, 0) is 29.3 Å². The number of carboxylic acid groups (broad SMARTS) is 1. The third kappa shape index (κ3) is 10.5. The monoisotopic (exact) mass is 710 g/mol. The van der Waals surface area contributed by atoms with Crippen molar-refractivity contribution in [3.63, 3.8) is 0 Å². The van der Waals surface area contributed by atoms with E-state index in [0.717, 1.165) is 78.9 Å². The van der Waals surface area contributed by atoms with E-state index < -0.39 is 0 Å². The summed E-state index contributed by atoms with van der Waals surface area (Å²) in [5, 5.41) is 16.7. The number of halogens is 1. The van der Waals surface area contributed by atoms with Crippen LogP contribution in [0.1, 0.15) is 59.9 Å². The van der Waals surface area contributed by atoms with Crippen LogP contribution < -0.4 is 14.2 Å². The van der Waals surface area contributed by atoms with Crippen LogP contribution in [0.5, 0.6) is 17.2 Å². The lowest BCUT2D eigenvalue weighted by molar-refractivity contribution is -0.132. The van der Waals surface area contributed by atoms with Crippen LogP contribution in [0.2, 0.25) is 5.02 Å². The number of likely N-dealkylation sites (tertiary alicyclic amines) is 2. The van der Waals surface area contributed by atoms with Crippen molar-refractivity contribution in [1.82, 2.24) is 14.8 Å². The molecule has 3 aromatic carbocycles. The SMILES string of the molecule is Cc1c(COc2cc(OCc3cncc(C#N)c3)c(CN3CCCCC3)cc2Cl)cccc1-c1cccc(OCC(=O)N2CCCC2)c1.O=CO. The first-order valence-corrected chi connectivity index (χ1v) is 17.6. The Morgan fingerprint density at radius 2 is 1.63 bits per heavy atom. The molecule has 6 rings (SSSR count). The number of ether oxygens (including phenoxy) is 3. The quantitative estimate of drug-likeness (QED) is 0.150. The standard InChI is InChI=1S/C39H41ClN4O4.CH2O2/c1-28-32(10-8-12-35(28)31-9-7-11-34(18-31)46-27-39(45)44-15-5-6-16-44)26-48-38-20-37(47-25-30-17-29(21-41)22-42-23-30)33(19-36(38)40)24-43-13-3-2-4-14-43;2-1-3/h7-12,17-20,22-23H,2-6,13-16,24-27H2,1H3;1H,(H,2,3). The zero-order valence-corrected chi connectivity index (χ0v) is 29.6. The van der Waals surface area contributed by atoms with Gasteiger partial charge in [-0.05, 0) is 92.2 Å². The molecule has 10 nitrogen and oxygen atoms in total. The lowest BCUT2D eigenvalue weighted by Crippen LogP contribution is -2.32. The van der Waals surface area contributed by atoms with Gasteiger partial charge < -0.3 is 24.2 Å². The lowest BCUT2D eigenvalue weighted by atomic mass is 9.96. The summed E-state index contributed by atoms with van der Waals surface area (Å²) in [7, 11) is 0. The van der Waals surface area contributed by atoms with Gasteiger partial charge in [-0.3, -0.25) is 19.5 Å². The maximum atomic E-state index is 12.5. The third-order valence-electron chi connectivity index (χ3n) is 9.07. The number of amides is 1. The minimum Gasteiger partial charge on any atom is -0.488 e. The molecule has 11 heteroatoms. The van der Waals surface area contributed by atoms with Crippen LogP contribution in [0.15, 0.2) is 73.1 Å². The molecule has 0 saturated carbocycles. The van der Waals surface area contributed by atoms with E-state index in [1.807, 2.05) is 47.4 Å². The summed E-state index contributed by atoms with van der Waals surface area (Å²) in [4.78, 5) is 29.3. The van der Waals surface area contributed by atoms with E-state index in [2.05, 4.69) is 35.0 Å². The van der Waals surface area contributed by atoms with Gasteiger partial charge in [-0.25, -0.2) is 0 Å². The number of aromatic nitrogens is 1. The molecule has 0 aliphatic carbocycles. The van der Waals surface area contributed by atoms with E-state index in [0.29, 0.717) is 34.4 Å². The predicted octanol–water partition coefficient (Wildman–Crippen LogP) is 7.43. The number of piperidine rings is 1. The molecule has 266 valence electrons. The molecule has 1 amide bonds. The second-order valence-corrected chi connectivity index (χ2v) is 13.0. The van der Waals surface area contributed by atoms with Gasteiger partial charge in [0.25, 0.3) is 12.4 Å². The minimum atomic E-state index is -0.250. The maximum Gasteiger partial charge on any atom is 0.290 e. The molecule has 0 bridgehead atoms. The molecule has 2 aliphatic rings. The Hall–Kier alpha value is -5.11. The lowest BCUT2D eigenvalue weighted by Gasteiger charge is -2.27. The topological polar surface area (TPSA) is 125 Å². The number of nitrogens with zero attached hydrogens (tertiary/aromatic N) is 4. The molecular weight excluding hydrogens is 668 g/mol. The number of hydrogen-bond acceptors (Lipinski definition) is 8. The van der Waals surface area contributed by atoms with E-state index in [9.17, 15) is 10.1 Å². The summed E-state index contributed by atoms with van der Waals surface area (Å²) < 4.78 is 18.6. The summed E-state index contributed by atoms with van der Waals surface area (Å²) in [6.07, 6.45) is 9.00. The maximum absolute atomic E-state index is 12.5. The van der Waals surface area contributed by atoms with Gasteiger partial charge in [-0.15, -0.1) is 0 Å². The van der Waals surface area contributed by atoms with Crippen LogP contribution in [0.3, 0.4) is 0 Å². The first-order chi connectivity index (χ1) is 24.9. The molecule has 51 heavy (non-hydrogen) atoms. The van der Waals surface area contributed by atoms with Crippen LogP contribution in [0.4, 0.5) is 0 Å². The van der Waals surface area contributed by atoms with Crippen molar-refractivity contribution in [2.45, 2.75) is 58.8 Å². The van der Waals surface area contributed by atoms with Crippen molar-refractivity contribution in [3.8, 4) is 34.4 Å². The number of rotatable bonds is 12. The molecule has 2 saturated heterocycles. The fourth-order valence-electron chi connectivity index (χ4n) is 6.36. The Balaban J connectivity index is 0.00000162. The molecular formula is C40H43ClN4O6. The summed E-state index contributed by atoms with van der Waals surface area (Å²) in [5.41, 5.74) is 6.49. The van der Waals surface area contributed by atoms with Crippen molar-refractivity contribution in [2.24, 2.45) is 0 Å². The number of carbonyl (C=O) groups excluding carboxylic acids is 1. The fourth-order valence-corrected chi connectivity index (χ4v) is 6.60. The van der Waals surface area contributed by atoms with Crippen molar-refractivity contribution >= 4 is 24.0 Å². The molecule has 0 spiro atoms. The van der Waals surface area contributed by atoms with Gasteiger partial charge in [0.2, 0.25) is 0 Å². The van der Waals surface area contributed by atoms with Crippen LogP contribution >= 0.6 is 11.6 Å². The Morgan fingerprint density at radius 3 is 2.39 bits per heavy atom. The summed E-state index contributed by atoms with van der Waals surface area (Å²) in [5.74, 6) is 1.94. The Bertz CT molecular complexity index is 1830. The minimum absolute atomic E-state index is 0.0326.